The molecule has 0 saturated heterocycles. The van der Waals surface area contributed by atoms with E-state index >= 15 is 0 Å². The number of anilines is 1. The second-order valence-corrected chi connectivity index (χ2v) is 14.1. The summed E-state index contributed by atoms with van der Waals surface area (Å²) >= 11 is 12.1. The van der Waals surface area contributed by atoms with Gasteiger partial charge in [-0.3, -0.25) is 9.59 Å². The molecule has 1 aromatic rings. The average molecular weight is 619 g/mol. The lowest BCUT2D eigenvalue weighted by Gasteiger charge is -2.54. The van der Waals surface area contributed by atoms with Crippen molar-refractivity contribution in [2.75, 3.05) is 29.7 Å². The molecular formula is C33H45Cl2N3O4. The van der Waals surface area contributed by atoms with Gasteiger partial charge in [0.15, 0.2) is 0 Å². The van der Waals surface area contributed by atoms with Crippen molar-refractivity contribution >= 4 is 46.7 Å². The van der Waals surface area contributed by atoms with Gasteiger partial charge in [0.25, 0.3) is 0 Å². The van der Waals surface area contributed by atoms with Crippen LogP contribution in [0.25, 0.3) is 0 Å². The van der Waals surface area contributed by atoms with E-state index in [1.54, 1.807) is 13.0 Å². The monoisotopic (exact) mass is 617 g/mol. The molecule has 2 N–H and O–H groups in total. The highest BCUT2D eigenvalue weighted by Gasteiger charge is 2.59. The first kappa shape index (κ1) is 31.2. The smallest absolute Gasteiger partial charge is 0.338 e. The number of benzene rings is 1. The van der Waals surface area contributed by atoms with Crippen LogP contribution >= 0.6 is 23.2 Å². The molecule has 0 radical (unpaired) electrons. The zero-order valence-electron chi connectivity index (χ0n) is 25.3. The molecule has 0 aromatic heterocycles. The molecule has 3 fully saturated rings. The molecule has 3 saturated carbocycles. The lowest BCUT2D eigenvalue weighted by Crippen LogP contribution is -2.58. The largest absolute Gasteiger partial charge is 0.458 e. The molecule has 3 aliphatic carbocycles. The highest BCUT2D eigenvalue weighted by Crippen LogP contribution is 2.60. The summed E-state index contributed by atoms with van der Waals surface area (Å²) in [4.78, 5) is 40.7. The van der Waals surface area contributed by atoms with Crippen LogP contribution in [0, 0.1) is 29.6 Å². The minimum absolute atomic E-state index is 0.0161. The van der Waals surface area contributed by atoms with E-state index in [2.05, 4.69) is 29.4 Å². The number of hydrogen-bond donors (Lipinski definition) is 2. The fourth-order valence-corrected chi connectivity index (χ4v) is 9.11. The van der Waals surface area contributed by atoms with Crippen molar-refractivity contribution in [3.8, 4) is 0 Å². The van der Waals surface area contributed by atoms with Crippen molar-refractivity contribution in [2.45, 2.75) is 90.8 Å². The quantitative estimate of drug-likeness (QED) is 0.286. The molecule has 1 aromatic carbocycles. The second-order valence-electron chi connectivity index (χ2n) is 13.3. The van der Waals surface area contributed by atoms with E-state index < -0.39 is 0 Å². The normalized spacial score (nSPS) is 33.7. The van der Waals surface area contributed by atoms with Gasteiger partial charge in [0, 0.05) is 62.0 Å². The first-order valence-electron chi connectivity index (χ1n) is 15.5. The van der Waals surface area contributed by atoms with Crippen LogP contribution in [0.15, 0.2) is 29.8 Å². The summed E-state index contributed by atoms with van der Waals surface area (Å²) in [5.74, 6) is 1.19. The highest BCUT2D eigenvalue weighted by atomic mass is 35.5. The number of nitrogens with zero attached hydrogens (tertiary/aromatic N) is 1. The van der Waals surface area contributed by atoms with Crippen molar-refractivity contribution in [2.24, 2.45) is 22.7 Å². The van der Waals surface area contributed by atoms with Crippen LogP contribution in [0.2, 0.25) is 0 Å². The molecule has 7 atom stereocenters. The Morgan fingerprint density at radius 2 is 1.81 bits per heavy atom. The summed E-state index contributed by atoms with van der Waals surface area (Å²) in [6.07, 6.45) is 7.68. The number of ether oxygens (including phenoxy) is 1. The zero-order valence-corrected chi connectivity index (χ0v) is 26.8. The summed E-state index contributed by atoms with van der Waals surface area (Å²) in [6.45, 7) is 9.49. The molecule has 5 rings (SSSR count). The van der Waals surface area contributed by atoms with E-state index in [-0.39, 0.29) is 46.8 Å². The topological polar surface area (TPSA) is 87.7 Å². The Morgan fingerprint density at radius 3 is 2.50 bits per heavy atom. The lowest BCUT2D eigenvalue weighted by molar-refractivity contribution is -0.122. The molecule has 9 heteroatoms. The number of nitrogens with one attached hydrogen (secondary N) is 2. The van der Waals surface area contributed by atoms with Gasteiger partial charge in [0.2, 0.25) is 11.8 Å². The van der Waals surface area contributed by atoms with Gasteiger partial charge in [-0.15, -0.1) is 23.2 Å². The molecule has 4 aliphatic rings. The van der Waals surface area contributed by atoms with Crippen LogP contribution < -0.4 is 15.5 Å². The van der Waals surface area contributed by atoms with Gasteiger partial charge in [-0.1, -0.05) is 25.5 Å². The molecule has 1 heterocycles. The van der Waals surface area contributed by atoms with E-state index in [1.807, 2.05) is 25.1 Å². The Bertz CT molecular complexity index is 1250. The minimum atomic E-state index is -0.346. The molecule has 1 aliphatic heterocycles. The maximum atomic E-state index is 13.4. The van der Waals surface area contributed by atoms with E-state index in [9.17, 15) is 14.4 Å². The first-order valence-corrected chi connectivity index (χ1v) is 16.5. The number of amides is 2. The Labute approximate surface area is 260 Å². The van der Waals surface area contributed by atoms with Gasteiger partial charge < -0.3 is 20.3 Å². The predicted octanol–water partition coefficient (Wildman–Crippen LogP) is 5.75. The van der Waals surface area contributed by atoms with Gasteiger partial charge in [-0.25, -0.2) is 4.79 Å². The summed E-state index contributed by atoms with van der Waals surface area (Å²) in [5, 5.41) is 6.60. The lowest BCUT2D eigenvalue weighted by atomic mass is 9.53. The predicted molar refractivity (Wildman–Crippen MR) is 167 cm³/mol. The van der Waals surface area contributed by atoms with Crippen molar-refractivity contribution < 1.29 is 19.1 Å². The van der Waals surface area contributed by atoms with Crippen molar-refractivity contribution in [1.82, 2.24) is 10.6 Å². The standard InChI is InChI=1S/C33H45Cl2N3O4/c1-20-5-6-22(17-27(20)38(15-13-34)16-14-35)31(41)42-24-9-11-32(3)23(18-24)19-29(40)37-30-25-7-8-28(36-21(2)39)33(25,4)12-10-26(30)32/h5-6,17,19,24-26,28,30H,7-16,18H2,1-4H3,(H,36,39)(H,37,40)/t24-,25?,26?,28-,30?,32-,33-/m0/s1. The second kappa shape index (κ2) is 12.4. The fourth-order valence-electron chi connectivity index (χ4n) is 8.71. The van der Waals surface area contributed by atoms with E-state index in [0.717, 1.165) is 55.3 Å². The summed E-state index contributed by atoms with van der Waals surface area (Å²) < 4.78 is 6.09. The number of hydrogen-bond acceptors (Lipinski definition) is 5. The number of halogens is 2. The van der Waals surface area contributed by atoms with Crippen molar-refractivity contribution in [3.63, 3.8) is 0 Å². The van der Waals surface area contributed by atoms with Gasteiger partial charge in [-0.05, 0) is 85.8 Å². The van der Waals surface area contributed by atoms with Gasteiger partial charge in [0.1, 0.15) is 6.10 Å². The van der Waals surface area contributed by atoms with E-state index in [4.69, 9.17) is 27.9 Å². The third-order valence-electron chi connectivity index (χ3n) is 11.0. The van der Waals surface area contributed by atoms with E-state index in [0.29, 0.717) is 48.7 Å². The number of rotatable bonds is 8. The molecule has 2 amide bonds. The number of carbonyl (C=O) groups is 3. The number of carbonyl (C=O) groups excluding carboxylic acids is 3. The molecule has 42 heavy (non-hydrogen) atoms. The Kier molecular flexibility index (Phi) is 9.20. The number of fused-ring (bicyclic) bond motifs is 5. The molecule has 230 valence electrons. The van der Waals surface area contributed by atoms with Crippen molar-refractivity contribution in [1.29, 1.82) is 0 Å². The summed E-state index contributed by atoms with van der Waals surface area (Å²) in [7, 11) is 0. The number of esters is 1. The molecular weight excluding hydrogens is 573 g/mol. The third-order valence-corrected chi connectivity index (χ3v) is 11.4. The van der Waals surface area contributed by atoms with Crippen LogP contribution in [0.3, 0.4) is 0 Å². The van der Waals surface area contributed by atoms with Crippen LogP contribution in [0.4, 0.5) is 5.69 Å². The maximum Gasteiger partial charge on any atom is 0.338 e. The van der Waals surface area contributed by atoms with Gasteiger partial charge >= 0.3 is 5.97 Å². The molecule has 7 nitrogen and oxygen atoms in total. The van der Waals surface area contributed by atoms with Gasteiger partial charge in [-0.2, -0.15) is 0 Å². The SMILES string of the molecule is CC(=O)N[C@H]1CCC2C3NC(=O)C=C4C[C@@H](OC(=O)c5ccc(C)c(N(CCCl)CCCl)c5)CC[C@]4(C)C3CC[C@@]21C. The Hall–Kier alpha value is -2.25. The van der Waals surface area contributed by atoms with Crippen LogP contribution in [-0.2, 0) is 14.3 Å². The molecule has 3 unspecified atom stereocenters. The minimum Gasteiger partial charge on any atom is -0.458 e. The molecule has 0 spiro atoms. The van der Waals surface area contributed by atoms with Crippen LogP contribution in [0.5, 0.6) is 0 Å². The Balaban J connectivity index is 1.31. The first-order chi connectivity index (χ1) is 20.0. The average Bonchev–Trinajstić information content (AvgIpc) is 3.20. The van der Waals surface area contributed by atoms with Crippen LogP contribution in [-0.4, -0.2) is 60.8 Å². The summed E-state index contributed by atoms with van der Waals surface area (Å²) in [6, 6.07) is 5.85. The number of aryl methyl sites for hydroxylation is 1. The zero-order chi connectivity index (χ0) is 30.2. The van der Waals surface area contributed by atoms with Crippen molar-refractivity contribution in [3.05, 3.63) is 41.0 Å². The van der Waals surface area contributed by atoms with E-state index in [1.165, 1.54) is 0 Å². The molecule has 0 bridgehead atoms. The highest BCUT2D eigenvalue weighted by molar-refractivity contribution is 6.18. The Morgan fingerprint density at radius 1 is 1.07 bits per heavy atom. The fraction of sp³-hybridized carbons (Fsp3) is 0.667. The third kappa shape index (κ3) is 5.80. The summed E-state index contributed by atoms with van der Waals surface area (Å²) in [5.41, 5.74) is 3.43. The maximum absolute atomic E-state index is 13.4. The number of alkyl halides is 2. The van der Waals surface area contributed by atoms with Crippen LogP contribution in [0.1, 0.15) is 81.6 Å². The van der Waals surface area contributed by atoms with Gasteiger partial charge in [0.05, 0.1) is 5.56 Å².